The molecule has 1 aromatic rings. The maximum absolute atomic E-state index is 11.8. The van der Waals surface area contributed by atoms with E-state index in [-0.39, 0.29) is 18.0 Å². The number of amides is 1. The van der Waals surface area contributed by atoms with Crippen LogP contribution in [-0.2, 0) is 9.47 Å². The minimum atomic E-state index is -0.530. The Labute approximate surface area is 123 Å². The standard InChI is InChI=1S/C16H19NO4/c1-4-5-14-12-7-6-11(8-13(12)15(18)21-14)17-16(19)20-9-10(2)3/h4,6-8,10,14H,1,5,9H2,2-3H3,(H,17,19)/t14-/m1/s1. The predicted octanol–water partition coefficient (Wildman–Crippen LogP) is 3.68. The summed E-state index contributed by atoms with van der Waals surface area (Å²) < 4.78 is 10.3. The molecule has 0 fully saturated rings. The quantitative estimate of drug-likeness (QED) is 0.663. The van der Waals surface area contributed by atoms with Crippen molar-refractivity contribution >= 4 is 17.7 Å². The van der Waals surface area contributed by atoms with Crippen LogP contribution in [0.5, 0.6) is 0 Å². The molecule has 0 aromatic heterocycles. The molecule has 0 radical (unpaired) electrons. The van der Waals surface area contributed by atoms with Gasteiger partial charge < -0.3 is 9.47 Å². The molecule has 0 saturated heterocycles. The fourth-order valence-corrected chi connectivity index (χ4v) is 2.07. The third kappa shape index (κ3) is 3.62. The summed E-state index contributed by atoms with van der Waals surface area (Å²) in [6.45, 7) is 7.91. The minimum Gasteiger partial charge on any atom is -0.454 e. The second kappa shape index (κ2) is 6.43. The highest BCUT2D eigenvalue weighted by Crippen LogP contribution is 2.34. The van der Waals surface area contributed by atoms with Gasteiger partial charge in [0.25, 0.3) is 0 Å². The Bertz CT molecular complexity index is 565. The fraction of sp³-hybridized carbons (Fsp3) is 0.375. The van der Waals surface area contributed by atoms with Crippen molar-refractivity contribution in [3.05, 3.63) is 42.0 Å². The Kier molecular flexibility index (Phi) is 4.62. The highest BCUT2D eigenvalue weighted by molar-refractivity contribution is 5.96. The summed E-state index contributed by atoms with van der Waals surface area (Å²) in [5, 5.41) is 2.61. The summed E-state index contributed by atoms with van der Waals surface area (Å²) in [7, 11) is 0. The Hall–Kier alpha value is -2.30. The van der Waals surface area contributed by atoms with Crippen molar-refractivity contribution < 1.29 is 19.1 Å². The van der Waals surface area contributed by atoms with Crippen molar-refractivity contribution in [2.45, 2.75) is 26.4 Å². The van der Waals surface area contributed by atoms with Gasteiger partial charge >= 0.3 is 12.1 Å². The topological polar surface area (TPSA) is 64.6 Å². The third-order valence-electron chi connectivity index (χ3n) is 3.04. The molecule has 0 bridgehead atoms. The molecule has 2 rings (SSSR count). The molecule has 0 spiro atoms. The molecule has 5 nitrogen and oxygen atoms in total. The van der Waals surface area contributed by atoms with Crippen LogP contribution in [0.2, 0.25) is 0 Å². The van der Waals surface area contributed by atoms with Gasteiger partial charge in [0.05, 0.1) is 12.2 Å². The lowest BCUT2D eigenvalue weighted by Crippen LogP contribution is -2.16. The zero-order valence-corrected chi connectivity index (χ0v) is 12.2. The molecule has 1 amide bonds. The van der Waals surface area contributed by atoms with Crippen LogP contribution in [0.4, 0.5) is 10.5 Å². The summed E-state index contributed by atoms with van der Waals surface area (Å²) in [5.74, 6) is -0.110. The highest BCUT2D eigenvalue weighted by Gasteiger charge is 2.30. The minimum absolute atomic E-state index is 0.269. The second-order valence-electron chi connectivity index (χ2n) is 5.34. The van der Waals surface area contributed by atoms with E-state index in [1.54, 1.807) is 24.3 Å². The Morgan fingerprint density at radius 3 is 2.95 bits per heavy atom. The van der Waals surface area contributed by atoms with E-state index in [9.17, 15) is 9.59 Å². The number of rotatable bonds is 5. The van der Waals surface area contributed by atoms with Crippen LogP contribution < -0.4 is 5.32 Å². The zero-order chi connectivity index (χ0) is 15.4. The fourth-order valence-electron chi connectivity index (χ4n) is 2.07. The predicted molar refractivity (Wildman–Crippen MR) is 79.2 cm³/mol. The number of esters is 1. The number of cyclic esters (lactones) is 1. The molecule has 1 aromatic carbocycles. The molecule has 1 aliphatic heterocycles. The van der Waals surface area contributed by atoms with E-state index >= 15 is 0 Å². The van der Waals surface area contributed by atoms with Crippen molar-refractivity contribution in [3.63, 3.8) is 0 Å². The smallest absolute Gasteiger partial charge is 0.411 e. The number of carbonyl (C=O) groups is 2. The average Bonchev–Trinajstić information content (AvgIpc) is 2.74. The van der Waals surface area contributed by atoms with Crippen molar-refractivity contribution in [2.24, 2.45) is 5.92 Å². The van der Waals surface area contributed by atoms with Gasteiger partial charge in [-0.25, -0.2) is 9.59 Å². The van der Waals surface area contributed by atoms with E-state index < -0.39 is 6.09 Å². The molecule has 0 unspecified atom stereocenters. The number of benzene rings is 1. The molecule has 1 aliphatic rings. The highest BCUT2D eigenvalue weighted by atomic mass is 16.6. The van der Waals surface area contributed by atoms with E-state index in [2.05, 4.69) is 11.9 Å². The van der Waals surface area contributed by atoms with Gasteiger partial charge in [0, 0.05) is 17.7 Å². The van der Waals surface area contributed by atoms with Crippen LogP contribution in [0, 0.1) is 5.92 Å². The Morgan fingerprint density at radius 1 is 1.52 bits per heavy atom. The Balaban J connectivity index is 2.08. The first-order valence-corrected chi connectivity index (χ1v) is 6.91. The largest absolute Gasteiger partial charge is 0.454 e. The van der Waals surface area contributed by atoms with Gasteiger partial charge in [-0.3, -0.25) is 5.32 Å². The maximum atomic E-state index is 11.8. The van der Waals surface area contributed by atoms with Crippen molar-refractivity contribution in [3.8, 4) is 0 Å². The lowest BCUT2D eigenvalue weighted by molar-refractivity contribution is 0.0392. The first kappa shape index (κ1) is 15.1. The average molecular weight is 289 g/mol. The van der Waals surface area contributed by atoms with Gasteiger partial charge in [-0.1, -0.05) is 26.0 Å². The van der Waals surface area contributed by atoms with Crippen LogP contribution in [-0.4, -0.2) is 18.7 Å². The molecule has 5 heteroatoms. The lowest BCUT2D eigenvalue weighted by Gasteiger charge is -2.10. The normalized spacial score (nSPS) is 16.3. The van der Waals surface area contributed by atoms with Crippen LogP contribution in [0.15, 0.2) is 30.9 Å². The zero-order valence-electron chi connectivity index (χ0n) is 12.2. The van der Waals surface area contributed by atoms with Crippen LogP contribution in [0.1, 0.15) is 42.3 Å². The van der Waals surface area contributed by atoms with Crippen LogP contribution in [0.3, 0.4) is 0 Å². The van der Waals surface area contributed by atoms with Gasteiger partial charge in [-0.15, -0.1) is 6.58 Å². The number of hydrogen-bond acceptors (Lipinski definition) is 4. The van der Waals surface area contributed by atoms with Crippen molar-refractivity contribution in [1.29, 1.82) is 0 Å². The number of anilines is 1. The number of ether oxygens (including phenoxy) is 2. The molecule has 1 N–H and O–H groups in total. The van der Waals surface area contributed by atoms with E-state index in [0.29, 0.717) is 24.3 Å². The van der Waals surface area contributed by atoms with Crippen molar-refractivity contribution in [1.82, 2.24) is 0 Å². The van der Waals surface area contributed by atoms with E-state index in [0.717, 1.165) is 5.56 Å². The monoisotopic (exact) mass is 289 g/mol. The van der Waals surface area contributed by atoms with Gasteiger partial charge in [0.2, 0.25) is 0 Å². The molecule has 21 heavy (non-hydrogen) atoms. The second-order valence-corrected chi connectivity index (χ2v) is 5.34. The number of nitrogens with one attached hydrogen (secondary N) is 1. The first-order chi connectivity index (χ1) is 10.0. The SMILES string of the molecule is C=CC[C@H]1OC(=O)c2cc(NC(=O)OCC(C)C)ccc21. The van der Waals surface area contributed by atoms with E-state index in [1.165, 1.54) is 0 Å². The van der Waals surface area contributed by atoms with Gasteiger partial charge in [-0.05, 0) is 18.1 Å². The van der Waals surface area contributed by atoms with Crippen LogP contribution in [0.25, 0.3) is 0 Å². The summed E-state index contributed by atoms with van der Waals surface area (Å²) in [6.07, 6.45) is 1.47. The number of fused-ring (bicyclic) bond motifs is 1. The molecule has 0 saturated carbocycles. The number of carbonyl (C=O) groups excluding carboxylic acids is 2. The van der Waals surface area contributed by atoms with Gasteiger partial charge in [0.1, 0.15) is 6.10 Å². The third-order valence-corrected chi connectivity index (χ3v) is 3.04. The van der Waals surface area contributed by atoms with Gasteiger partial charge in [-0.2, -0.15) is 0 Å². The summed E-state index contributed by atoms with van der Waals surface area (Å²) in [6, 6.07) is 5.12. The summed E-state index contributed by atoms with van der Waals surface area (Å²) in [4.78, 5) is 23.4. The first-order valence-electron chi connectivity index (χ1n) is 6.91. The molecule has 1 atom stereocenters. The van der Waals surface area contributed by atoms with E-state index in [4.69, 9.17) is 9.47 Å². The molecular formula is C16H19NO4. The summed E-state index contributed by atoms with van der Waals surface area (Å²) in [5.41, 5.74) is 1.81. The molecule has 1 heterocycles. The van der Waals surface area contributed by atoms with Gasteiger partial charge in [0.15, 0.2) is 0 Å². The summed E-state index contributed by atoms with van der Waals surface area (Å²) >= 11 is 0. The number of hydrogen-bond donors (Lipinski definition) is 1. The van der Waals surface area contributed by atoms with Crippen molar-refractivity contribution in [2.75, 3.05) is 11.9 Å². The lowest BCUT2D eigenvalue weighted by atomic mass is 10.0. The van der Waals surface area contributed by atoms with Crippen LogP contribution >= 0.6 is 0 Å². The van der Waals surface area contributed by atoms with E-state index in [1.807, 2.05) is 13.8 Å². The molecule has 0 aliphatic carbocycles. The molecule has 112 valence electrons. The Morgan fingerprint density at radius 2 is 2.29 bits per heavy atom. The maximum Gasteiger partial charge on any atom is 0.411 e. The molecular weight excluding hydrogens is 270 g/mol.